The lowest BCUT2D eigenvalue weighted by Gasteiger charge is -2.22. The number of fused-ring (bicyclic) bond motifs is 5. The van der Waals surface area contributed by atoms with Crippen LogP contribution in [0.15, 0.2) is 150 Å². The number of hydrogen-bond acceptors (Lipinski definition) is 4. The maximum atomic E-state index is 15.4. The average molecular weight is 562 g/mol. The fourth-order valence-electron chi connectivity index (χ4n) is 5.72. The molecule has 0 saturated carbocycles. The Morgan fingerprint density at radius 3 is 1.95 bits per heavy atom. The van der Waals surface area contributed by atoms with Crippen molar-refractivity contribution in [3.63, 3.8) is 0 Å². The van der Waals surface area contributed by atoms with Crippen LogP contribution in [0.4, 0.5) is 0 Å². The lowest BCUT2D eigenvalue weighted by molar-refractivity contribution is 0.592. The van der Waals surface area contributed by atoms with Crippen LogP contribution in [-0.2, 0) is 4.57 Å². The van der Waals surface area contributed by atoms with Crippen LogP contribution in [0.2, 0.25) is 0 Å². The van der Waals surface area contributed by atoms with E-state index in [4.69, 9.17) is 9.40 Å². The van der Waals surface area contributed by atoms with Gasteiger partial charge in [-0.3, -0.25) is 9.38 Å². The van der Waals surface area contributed by atoms with E-state index in [1.807, 2.05) is 108 Å². The molecule has 0 spiro atoms. The van der Waals surface area contributed by atoms with Gasteiger partial charge in [0.1, 0.15) is 16.7 Å². The highest BCUT2D eigenvalue weighted by Crippen LogP contribution is 2.44. The number of imidazole rings is 1. The second-order valence-corrected chi connectivity index (χ2v) is 13.1. The van der Waals surface area contributed by atoms with Gasteiger partial charge >= 0.3 is 0 Å². The summed E-state index contributed by atoms with van der Waals surface area (Å²) in [7, 11) is -3.22. The molecule has 0 radical (unpaired) electrons. The van der Waals surface area contributed by atoms with E-state index in [1.165, 1.54) is 0 Å². The maximum Gasteiger partial charge on any atom is 0.232 e. The Balaban J connectivity index is 1.39. The predicted octanol–water partition coefficient (Wildman–Crippen LogP) is 7.60. The van der Waals surface area contributed by atoms with E-state index in [0.717, 1.165) is 60.3 Å². The molecule has 0 aliphatic heterocycles. The van der Waals surface area contributed by atoms with Crippen LogP contribution in [-0.4, -0.2) is 14.4 Å². The van der Waals surface area contributed by atoms with Crippen molar-refractivity contribution in [2.75, 3.05) is 0 Å². The molecular weight excluding hydrogens is 537 g/mol. The molecule has 0 saturated heterocycles. The third-order valence-electron chi connectivity index (χ3n) is 7.79. The molecule has 0 N–H and O–H groups in total. The number of aromatic nitrogens is 3. The van der Waals surface area contributed by atoms with Crippen molar-refractivity contribution in [3.8, 4) is 22.3 Å². The Labute approximate surface area is 242 Å². The Kier molecular flexibility index (Phi) is 5.66. The zero-order chi connectivity index (χ0) is 28.1. The van der Waals surface area contributed by atoms with Crippen LogP contribution in [0, 0.1) is 0 Å². The van der Waals surface area contributed by atoms with Crippen LogP contribution >= 0.6 is 7.14 Å². The van der Waals surface area contributed by atoms with Crippen LogP contribution in [0.25, 0.3) is 50.1 Å². The highest BCUT2D eigenvalue weighted by Gasteiger charge is 2.30. The van der Waals surface area contributed by atoms with Crippen LogP contribution < -0.4 is 15.9 Å². The number of benzene rings is 4. The molecule has 5 nitrogen and oxygen atoms in total. The van der Waals surface area contributed by atoms with Crippen LogP contribution in [0.5, 0.6) is 0 Å². The zero-order valence-corrected chi connectivity index (χ0v) is 23.4. The van der Waals surface area contributed by atoms with Gasteiger partial charge in [0.05, 0.1) is 0 Å². The largest absolute Gasteiger partial charge is 0.437 e. The Morgan fingerprint density at radius 1 is 0.595 bits per heavy atom. The number of para-hydroxylation sites is 1. The van der Waals surface area contributed by atoms with Gasteiger partial charge in [0.25, 0.3) is 0 Å². The zero-order valence-electron chi connectivity index (χ0n) is 22.5. The van der Waals surface area contributed by atoms with E-state index in [2.05, 4.69) is 35.4 Å². The van der Waals surface area contributed by atoms with Gasteiger partial charge in [0.15, 0.2) is 7.14 Å². The molecule has 0 atom stereocenters. The van der Waals surface area contributed by atoms with Gasteiger partial charge in [-0.25, -0.2) is 4.98 Å². The number of pyridine rings is 2. The van der Waals surface area contributed by atoms with E-state index in [1.54, 1.807) is 12.4 Å². The highest BCUT2D eigenvalue weighted by molar-refractivity contribution is 7.85. The second kappa shape index (κ2) is 9.69. The molecular formula is C36H24N3O2P. The third kappa shape index (κ3) is 3.90. The van der Waals surface area contributed by atoms with Gasteiger partial charge in [-0.1, -0.05) is 72.8 Å². The quantitative estimate of drug-likeness (QED) is 0.203. The molecule has 4 aromatic heterocycles. The number of hydrogen-bond donors (Lipinski definition) is 0. The van der Waals surface area contributed by atoms with E-state index >= 15 is 4.57 Å². The summed E-state index contributed by atoms with van der Waals surface area (Å²) in [5.74, 6) is 0. The van der Waals surface area contributed by atoms with E-state index in [-0.39, 0.29) is 0 Å². The first-order valence-corrected chi connectivity index (χ1v) is 15.5. The first-order chi connectivity index (χ1) is 20.7. The first kappa shape index (κ1) is 24.5. The Morgan fingerprint density at radius 2 is 1.24 bits per heavy atom. The molecule has 0 fully saturated rings. The van der Waals surface area contributed by atoms with Crippen molar-refractivity contribution in [3.05, 3.63) is 146 Å². The monoisotopic (exact) mass is 561 g/mol. The topological polar surface area (TPSA) is 60.4 Å². The summed E-state index contributed by atoms with van der Waals surface area (Å²) >= 11 is 0. The van der Waals surface area contributed by atoms with Gasteiger partial charge in [0.2, 0.25) is 5.71 Å². The summed E-state index contributed by atoms with van der Waals surface area (Å²) in [6.07, 6.45) is 5.62. The lowest BCUT2D eigenvalue weighted by atomic mass is 10.0. The molecule has 8 aromatic rings. The SMILES string of the molecule is O=P(c1ccccc1)(c1ccccc1)c1cc(-c2ccncc2)cc(-c2ccc3nc4c5ccccc5oc4n3c2)c1. The molecule has 4 aromatic carbocycles. The summed E-state index contributed by atoms with van der Waals surface area (Å²) in [6.45, 7) is 0. The first-order valence-electron chi connectivity index (χ1n) is 13.8. The molecule has 0 aliphatic carbocycles. The Bertz CT molecular complexity index is 2230. The molecule has 6 heteroatoms. The van der Waals surface area contributed by atoms with E-state index in [0.29, 0.717) is 5.71 Å². The third-order valence-corrected chi connectivity index (χ3v) is 10.8. The van der Waals surface area contributed by atoms with Crippen molar-refractivity contribution in [1.29, 1.82) is 0 Å². The van der Waals surface area contributed by atoms with E-state index in [9.17, 15) is 0 Å². The number of rotatable bonds is 5. The molecule has 0 bridgehead atoms. The number of nitrogens with zero attached hydrogens (tertiary/aromatic N) is 3. The normalized spacial score (nSPS) is 11.9. The average Bonchev–Trinajstić information content (AvgIpc) is 3.61. The highest BCUT2D eigenvalue weighted by atomic mass is 31.2. The van der Waals surface area contributed by atoms with Gasteiger partial charge in [-0.2, -0.15) is 0 Å². The molecule has 0 aliphatic rings. The fourth-order valence-corrected chi connectivity index (χ4v) is 8.44. The standard InChI is InChI=1S/C36H24N3O2P/c40-42(29-9-3-1-4-10-29,30-11-5-2-6-12-30)31-22-27(25-17-19-37-20-18-25)21-28(23-31)26-15-16-34-38-35-32-13-7-8-14-33(32)41-36(35)39(34)24-26/h1-24H. The van der Waals surface area contributed by atoms with Gasteiger partial charge in [0, 0.05) is 39.9 Å². The van der Waals surface area contributed by atoms with Crippen LogP contribution in [0.1, 0.15) is 0 Å². The number of furan rings is 1. The lowest BCUT2D eigenvalue weighted by Crippen LogP contribution is -2.25. The van der Waals surface area contributed by atoms with Crippen molar-refractivity contribution in [2.24, 2.45) is 0 Å². The predicted molar refractivity (Wildman–Crippen MR) is 171 cm³/mol. The summed E-state index contributed by atoms with van der Waals surface area (Å²) in [4.78, 5) is 9.07. The molecule has 4 heterocycles. The summed E-state index contributed by atoms with van der Waals surface area (Å²) < 4.78 is 23.6. The summed E-state index contributed by atoms with van der Waals surface area (Å²) in [5, 5.41) is 3.35. The van der Waals surface area contributed by atoms with E-state index < -0.39 is 7.14 Å². The maximum absolute atomic E-state index is 15.4. The minimum absolute atomic E-state index is 0.706. The summed E-state index contributed by atoms with van der Waals surface area (Å²) in [6, 6.07) is 41.8. The van der Waals surface area contributed by atoms with Gasteiger partial charge in [-0.15, -0.1) is 0 Å². The Hall–Kier alpha value is -5.25. The molecule has 8 rings (SSSR count). The minimum atomic E-state index is -3.22. The molecule has 42 heavy (non-hydrogen) atoms. The smallest absolute Gasteiger partial charge is 0.232 e. The fraction of sp³-hybridized carbons (Fsp3) is 0. The summed E-state index contributed by atoms with van der Waals surface area (Å²) in [5.41, 5.74) is 7.05. The minimum Gasteiger partial charge on any atom is -0.437 e. The van der Waals surface area contributed by atoms with Crippen molar-refractivity contribution in [1.82, 2.24) is 14.4 Å². The van der Waals surface area contributed by atoms with Gasteiger partial charge in [-0.05, 0) is 76.9 Å². The molecule has 200 valence electrons. The van der Waals surface area contributed by atoms with Crippen molar-refractivity contribution >= 4 is 50.9 Å². The second-order valence-electron chi connectivity index (χ2n) is 10.3. The van der Waals surface area contributed by atoms with Crippen LogP contribution in [0.3, 0.4) is 0 Å². The molecule has 0 unspecified atom stereocenters. The molecule has 0 amide bonds. The van der Waals surface area contributed by atoms with Crippen molar-refractivity contribution < 1.29 is 8.98 Å². The van der Waals surface area contributed by atoms with Gasteiger partial charge < -0.3 is 8.98 Å². The van der Waals surface area contributed by atoms with Crippen molar-refractivity contribution in [2.45, 2.75) is 0 Å².